The van der Waals surface area contributed by atoms with Crippen LogP contribution in [0.25, 0.3) is 10.8 Å². The third-order valence-electron chi connectivity index (χ3n) is 4.90. The molecule has 2 aromatic rings. The second-order valence-electron chi connectivity index (χ2n) is 8.71. The molecule has 10 heteroatoms. The Bertz CT molecular complexity index is 948. The number of nitrogens with one attached hydrogen (secondary N) is 2. The number of rotatable bonds is 6. The predicted molar refractivity (Wildman–Crippen MR) is 120 cm³/mol. The molecule has 174 valence electrons. The van der Waals surface area contributed by atoms with E-state index in [2.05, 4.69) is 15.6 Å². The predicted octanol–water partition coefficient (Wildman–Crippen LogP) is 3.20. The van der Waals surface area contributed by atoms with E-state index in [0.717, 1.165) is 11.3 Å². The first-order valence-electron chi connectivity index (χ1n) is 10.7. The van der Waals surface area contributed by atoms with Gasteiger partial charge in [0.2, 0.25) is 11.8 Å². The fourth-order valence-corrected chi connectivity index (χ4v) is 4.08. The number of thiophene rings is 1. The van der Waals surface area contributed by atoms with Gasteiger partial charge in [0, 0.05) is 26.2 Å². The van der Waals surface area contributed by atoms with Crippen molar-refractivity contribution in [3.63, 3.8) is 0 Å². The second kappa shape index (κ2) is 10.2. The quantitative estimate of drug-likeness (QED) is 0.637. The number of hydrogen-bond acceptors (Lipinski definition) is 7. The van der Waals surface area contributed by atoms with Crippen molar-refractivity contribution in [1.29, 1.82) is 0 Å². The van der Waals surface area contributed by atoms with Crippen LogP contribution in [-0.4, -0.2) is 59.6 Å². The maximum atomic E-state index is 13.0. The number of likely N-dealkylation sites (tertiary alicyclic amines) is 1. The Labute approximate surface area is 191 Å². The lowest BCUT2D eigenvalue weighted by molar-refractivity contribution is -0.126. The molecule has 9 nitrogen and oxygen atoms in total. The van der Waals surface area contributed by atoms with E-state index in [9.17, 15) is 14.4 Å². The lowest BCUT2D eigenvalue weighted by atomic mass is 9.97. The first-order chi connectivity index (χ1) is 15.1. The molecule has 1 unspecified atom stereocenters. The number of amides is 3. The van der Waals surface area contributed by atoms with E-state index in [1.54, 1.807) is 32.6 Å². The molecule has 1 aliphatic rings. The van der Waals surface area contributed by atoms with Crippen LogP contribution in [0.5, 0.6) is 0 Å². The maximum Gasteiger partial charge on any atom is 0.407 e. The Balaban J connectivity index is 1.50. The zero-order valence-electron chi connectivity index (χ0n) is 18.9. The largest absolute Gasteiger partial charge is 0.444 e. The minimum Gasteiger partial charge on any atom is -0.444 e. The zero-order valence-corrected chi connectivity index (χ0v) is 19.7. The number of ether oxygens (including phenoxy) is 1. The molecule has 1 fully saturated rings. The fourth-order valence-electron chi connectivity index (χ4n) is 3.43. The number of carbonyl (C=O) groups excluding carboxylic acids is 3. The summed E-state index contributed by atoms with van der Waals surface area (Å²) < 4.78 is 10.8. The molecule has 0 saturated carbocycles. The lowest BCUT2D eigenvalue weighted by Gasteiger charge is -2.31. The van der Waals surface area contributed by atoms with Crippen LogP contribution in [0.1, 0.15) is 49.9 Å². The average molecular weight is 463 g/mol. The monoisotopic (exact) mass is 462 g/mol. The van der Waals surface area contributed by atoms with E-state index in [4.69, 9.17) is 9.15 Å². The molecule has 2 aromatic heterocycles. The number of aryl methyl sites for hydroxylation is 1. The van der Waals surface area contributed by atoms with Crippen LogP contribution in [0, 0.1) is 12.8 Å². The van der Waals surface area contributed by atoms with Gasteiger partial charge in [-0.2, -0.15) is 0 Å². The Morgan fingerprint density at radius 2 is 2.03 bits per heavy atom. The van der Waals surface area contributed by atoms with E-state index < -0.39 is 11.7 Å². The molecule has 1 atom stereocenters. The number of aromatic nitrogens is 1. The molecular formula is C22H30N4O5S. The Hall–Kier alpha value is -2.88. The highest BCUT2D eigenvalue weighted by molar-refractivity contribution is 7.13. The molecule has 32 heavy (non-hydrogen) atoms. The molecule has 0 aromatic carbocycles. The van der Waals surface area contributed by atoms with Gasteiger partial charge < -0.3 is 24.7 Å². The molecule has 0 radical (unpaired) electrons. The minimum atomic E-state index is -0.571. The van der Waals surface area contributed by atoms with Gasteiger partial charge in [0.05, 0.1) is 10.8 Å². The van der Waals surface area contributed by atoms with E-state index >= 15 is 0 Å². The fraction of sp³-hybridized carbons (Fsp3) is 0.545. The summed E-state index contributed by atoms with van der Waals surface area (Å²) in [6.07, 6.45) is 0.910. The van der Waals surface area contributed by atoms with Crippen molar-refractivity contribution in [3.05, 3.63) is 29.0 Å². The highest BCUT2D eigenvalue weighted by Gasteiger charge is 2.31. The summed E-state index contributed by atoms with van der Waals surface area (Å²) in [4.78, 5) is 44.2. The molecule has 0 aliphatic carbocycles. The molecule has 2 N–H and O–H groups in total. The standard InChI is InChI=1S/C22H30N4O5S/c1-14-17(25-19(30-14)16-8-6-12-32-16)20(28)26-11-5-7-15(13-26)18(27)23-9-10-24-21(29)31-22(2,3)4/h6,8,12,15H,5,7,9-11,13H2,1-4H3,(H,23,27)(H,24,29). The highest BCUT2D eigenvalue weighted by atomic mass is 32.1. The van der Waals surface area contributed by atoms with E-state index in [-0.39, 0.29) is 36.5 Å². The van der Waals surface area contributed by atoms with Crippen molar-refractivity contribution < 1.29 is 23.5 Å². The van der Waals surface area contributed by atoms with Gasteiger partial charge in [-0.25, -0.2) is 9.78 Å². The lowest BCUT2D eigenvalue weighted by Crippen LogP contribution is -2.47. The van der Waals surface area contributed by atoms with Crippen molar-refractivity contribution in [2.45, 2.75) is 46.1 Å². The van der Waals surface area contributed by atoms with E-state index in [1.165, 1.54) is 11.3 Å². The summed E-state index contributed by atoms with van der Waals surface area (Å²) in [6.45, 7) is 8.53. The van der Waals surface area contributed by atoms with E-state index in [0.29, 0.717) is 31.2 Å². The summed E-state index contributed by atoms with van der Waals surface area (Å²) in [5, 5.41) is 7.36. The third-order valence-corrected chi connectivity index (χ3v) is 5.76. The van der Waals surface area contributed by atoms with Crippen LogP contribution in [0.15, 0.2) is 21.9 Å². The molecule has 3 rings (SSSR count). The zero-order chi connectivity index (χ0) is 23.3. The summed E-state index contributed by atoms with van der Waals surface area (Å²) in [5.41, 5.74) is -0.283. The molecule has 3 heterocycles. The first kappa shape index (κ1) is 23.8. The first-order valence-corrected chi connectivity index (χ1v) is 11.6. The van der Waals surface area contributed by atoms with Gasteiger partial charge in [0.15, 0.2) is 5.69 Å². The van der Waals surface area contributed by atoms with Crippen LogP contribution in [0.4, 0.5) is 4.79 Å². The second-order valence-corrected chi connectivity index (χ2v) is 9.66. The van der Waals surface area contributed by atoms with Crippen molar-refractivity contribution >= 4 is 29.2 Å². The normalized spacial score (nSPS) is 16.5. The van der Waals surface area contributed by atoms with Crippen molar-refractivity contribution in [3.8, 4) is 10.8 Å². The van der Waals surface area contributed by atoms with Gasteiger partial charge in [-0.3, -0.25) is 9.59 Å². The van der Waals surface area contributed by atoms with Crippen LogP contribution >= 0.6 is 11.3 Å². The highest BCUT2D eigenvalue weighted by Crippen LogP contribution is 2.27. The molecule has 3 amide bonds. The maximum absolute atomic E-state index is 13.0. The molecule has 1 aliphatic heterocycles. The van der Waals surface area contributed by atoms with Crippen molar-refractivity contribution in [2.75, 3.05) is 26.2 Å². The molecule has 1 saturated heterocycles. The summed E-state index contributed by atoms with van der Waals surface area (Å²) in [7, 11) is 0. The van der Waals surface area contributed by atoms with Crippen LogP contribution in [0.2, 0.25) is 0 Å². The summed E-state index contributed by atoms with van der Waals surface area (Å²) >= 11 is 1.50. The summed E-state index contributed by atoms with van der Waals surface area (Å²) in [5.74, 6) is 0.240. The number of hydrogen-bond donors (Lipinski definition) is 2. The molecule has 0 spiro atoms. The average Bonchev–Trinajstić information content (AvgIpc) is 3.39. The number of alkyl carbamates (subject to hydrolysis) is 1. The van der Waals surface area contributed by atoms with E-state index in [1.807, 2.05) is 17.5 Å². The Morgan fingerprint density at radius 3 is 2.72 bits per heavy atom. The van der Waals surface area contributed by atoms with Crippen LogP contribution < -0.4 is 10.6 Å². The van der Waals surface area contributed by atoms with Crippen molar-refractivity contribution in [1.82, 2.24) is 20.5 Å². The van der Waals surface area contributed by atoms with Gasteiger partial charge >= 0.3 is 6.09 Å². The smallest absolute Gasteiger partial charge is 0.407 e. The van der Waals surface area contributed by atoms with Gasteiger partial charge in [-0.15, -0.1) is 11.3 Å². The molecular weight excluding hydrogens is 432 g/mol. The third kappa shape index (κ3) is 6.32. The number of oxazole rings is 1. The Kier molecular flexibility index (Phi) is 7.55. The number of nitrogens with zero attached hydrogens (tertiary/aromatic N) is 2. The summed E-state index contributed by atoms with van der Waals surface area (Å²) in [6, 6.07) is 3.79. The number of piperidine rings is 1. The SMILES string of the molecule is Cc1oc(-c2cccs2)nc1C(=O)N1CCCC(C(=O)NCCNC(=O)OC(C)(C)C)C1. The van der Waals surface area contributed by atoms with Gasteiger partial charge in [-0.05, 0) is 52.0 Å². The van der Waals surface area contributed by atoms with Crippen LogP contribution in [-0.2, 0) is 9.53 Å². The van der Waals surface area contributed by atoms with Gasteiger partial charge in [0.1, 0.15) is 11.4 Å². The van der Waals surface area contributed by atoms with Crippen LogP contribution in [0.3, 0.4) is 0 Å². The molecule has 0 bridgehead atoms. The minimum absolute atomic E-state index is 0.135. The topological polar surface area (TPSA) is 114 Å². The van der Waals surface area contributed by atoms with Gasteiger partial charge in [0.25, 0.3) is 5.91 Å². The number of carbonyl (C=O) groups is 3. The van der Waals surface area contributed by atoms with Crippen molar-refractivity contribution in [2.24, 2.45) is 5.92 Å². The Morgan fingerprint density at radius 1 is 1.28 bits per heavy atom. The van der Waals surface area contributed by atoms with Gasteiger partial charge in [-0.1, -0.05) is 6.07 Å².